The van der Waals surface area contributed by atoms with Crippen molar-refractivity contribution < 1.29 is 20.1 Å². The lowest BCUT2D eigenvalue weighted by atomic mass is 10.1. The molecule has 2 rings (SSSR count). The third-order valence-corrected chi connectivity index (χ3v) is 3.13. The van der Waals surface area contributed by atoms with Crippen LogP contribution in [-0.4, -0.2) is 40.6 Å². The van der Waals surface area contributed by atoms with Crippen molar-refractivity contribution in [2.24, 2.45) is 0 Å². The molecule has 21 heavy (non-hydrogen) atoms. The highest BCUT2D eigenvalue weighted by molar-refractivity contribution is 5.93. The maximum atomic E-state index is 9.85. The quantitative estimate of drug-likeness (QED) is 0.654. The van der Waals surface area contributed by atoms with E-state index in [4.69, 9.17) is 4.74 Å². The van der Waals surface area contributed by atoms with E-state index in [1.165, 1.54) is 18.2 Å². The van der Waals surface area contributed by atoms with Crippen LogP contribution in [0.5, 0.6) is 17.2 Å². The molecule has 0 spiro atoms. The van der Waals surface area contributed by atoms with Gasteiger partial charge in [-0.3, -0.25) is 0 Å². The van der Waals surface area contributed by atoms with E-state index in [2.05, 4.69) is 5.32 Å². The summed E-state index contributed by atoms with van der Waals surface area (Å²) in [5.41, 5.74) is 0. The van der Waals surface area contributed by atoms with E-state index in [-0.39, 0.29) is 18.1 Å². The molecule has 4 N–H and O–H groups in total. The van der Waals surface area contributed by atoms with Crippen molar-refractivity contribution in [3.05, 3.63) is 30.3 Å². The molecule has 0 aliphatic heterocycles. The zero-order chi connectivity index (χ0) is 15.4. The predicted octanol–water partition coefficient (Wildman–Crippen LogP) is 1.99. The number of hydrogen-bond acceptors (Lipinski definition) is 5. The number of phenolic OH excluding ortho intramolecular Hbond substituents is 2. The second-order valence-electron chi connectivity index (χ2n) is 5.34. The fraction of sp³-hybridized carbons (Fsp3) is 0.375. The molecule has 2 aromatic carbocycles. The van der Waals surface area contributed by atoms with Gasteiger partial charge in [-0.25, -0.2) is 0 Å². The van der Waals surface area contributed by atoms with Crippen molar-refractivity contribution in [2.75, 3.05) is 13.2 Å². The van der Waals surface area contributed by atoms with Gasteiger partial charge in [0.1, 0.15) is 30.0 Å². The number of aromatic hydroxyl groups is 2. The van der Waals surface area contributed by atoms with Gasteiger partial charge in [-0.15, -0.1) is 0 Å². The van der Waals surface area contributed by atoms with Crippen molar-refractivity contribution >= 4 is 10.8 Å². The molecule has 0 fully saturated rings. The van der Waals surface area contributed by atoms with Crippen molar-refractivity contribution in [3.63, 3.8) is 0 Å². The number of phenols is 2. The summed E-state index contributed by atoms with van der Waals surface area (Å²) in [6, 6.07) is 8.16. The highest BCUT2D eigenvalue weighted by Gasteiger charge is 2.10. The van der Waals surface area contributed by atoms with Gasteiger partial charge in [-0.1, -0.05) is 13.8 Å². The number of aliphatic hydroxyl groups excluding tert-OH is 1. The lowest BCUT2D eigenvalue weighted by Crippen LogP contribution is -2.35. The van der Waals surface area contributed by atoms with Crippen molar-refractivity contribution in [1.29, 1.82) is 0 Å². The normalized spacial score (nSPS) is 12.8. The Morgan fingerprint density at radius 2 is 1.86 bits per heavy atom. The van der Waals surface area contributed by atoms with E-state index in [1.54, 1.807) is 12.1 Å². The first-order valence-electron chi connectivity index (χ1n) is 6.96. The molecule has 1 atom stereocenters. The highest BCUT2D eigenvalue weighted by Crippen LogP contribution is 2.34. The van der Waals surface area contributed by atoms with Crippen LogP contribution in [0.25, 0.3) is 10.8 Å². The molecule has 1 unspecified atom stereocenters. The summed E-state index contributed by atoms with van der Waals surface area (Å²) >= 11 is 0. The molecule has 0 radical (unpaired) electrons. The molecule has 0 heterocycles. The Hall–Kier alpha value is -1.98. The van der Waals surface area contributed by atoms with Gasteiger partial charge in [0.2, 0.25) is 0 Å². The minimum absolute atomic E-state index is 0.0790. The van der Waals surface area contributed by atoms with E-state index in [9.17, 15) is 15.3 Å². The second kappa shape index (κ2) is 6.65. The van der Waals surface area contributed by atoms with Gasteiger partial charge in [0.15, 0.2) is 0 Å². The maximum absolute atomic E-state index is 9.85. The molecule has 0 saturated carbocycles. The minimum Gasteiger partial charge on any atom is -0.508 e. The van der Waals surface area contributed by atoms with Gasteiger partial charge in [-0.05, 0) is 30.3 Å². The molecule has 114 valence electrons. The smallest absolute Gasteiger partial charge is 0.127 e. The molecule has 0 amide bonds. The Balaban J connectivity index is 2.10. The van der Waals surface area contributed by atoms with Crippen LogP contribution in [0.4, 0.5) is 0 Å². The zero-order valence-corrected chi connectivity index (χ0v) is 12.2. The van der Waals surface area contributed by atoms with Crippen molar-refractivity contribution in [2.45, 2.75) is 26.0 Å². The van der Waals surface area contributed by atoms with Crippen LogP contribution in [0.2, 0.25) is 0 Å². The SMILES string of the molecule is CC(C)NCC(O)COc1ccc(O)c2cc(O)ccc12. The fourth-order valence-electron chi connectivity index (χ4n) is 2.04. The largest absolute Gasteiger partial charge is 0.508 e. The second-order valence-corrected chi connectivity index (χ2v) is 5.34. The van der Waals surface area contributed by atoms with E-state index in [1.807, 2.05) is 13.8 Å². The molecule has 5 heteroatoms. The zero-order valence-electron chi connectivity index (χ0n) is 12.2. The lowest BCUT2D eigenvalue weighted by molar-refractivity contribution is 0.105. The van der Waals surface area contributed by atoms with Crippen molar-refractivity contribution in [3.8, 4) is 17.2 Å². The Morgan fingerprint density at radius 1 is 1.10 bits per heavy atom. The van der Waals surface area contributed by atoms with E-state index in [0.29, 0.717) is 29.1 Å². The number of fused-ring (bicyclic) bond motifs is 1. The van der Waals surface area contributed by atoms with Gasteiger partial charge in [0.25, 0.3) is 0 Å². The number of aliphatic hydroxyl groups is 1. The number of benzene rings is 2. The minimum atomic E-state index is -0.617. The topological polar surface area (TPSA) is 82.0 Å². The molecular formula is C16H21NO4. The first-order valence-corrected chi connectivity index (χ1v) is 6.96. The summed E-state index contributed by atoms with van der Waals surface area (Å²) in [4.78, 5) is 0. The number of hydrogen-bond donors (Lipinski definition) is 4. The summed E-state index contributed by atoms with van der Waals surface area (Å²) in [5.74, 6) is 0.720. The summed E-state index contributed by atoms with van der Waals surface area (Å²) in [5, 5.41) is 33.5. The first kappa shape index (κ1) is 15.4. The first-order chi connectivity index (χ1) is 9.97. The Kier molecular flexibility index (Phi) is 4.88. The summed E-state index contributed by atoms with van der Waals surface area (Å²) in [6.07, 6.45) is -0.617. The average Bonchev–Trinajstić information content (AvgIpc) is 2.45. The average molecular weight is 291 g/mol. The van der Waals surface area contributed by atoms with Crippen LogP contribution in [-0.2, 0) is 0 Å². The molecule has 2 aromatic rings. The highest BCUT2D eigenvalue weighted by atomic mass is 16.5. The molecule has 0 aliphatic rings. The molecule has 0 aliphatic carbocycles. The third-order valence-electron chi connectivity index (χ3n) is 3.13. The van der Waals surface area contributed by atoms with Crippen LogP contribution in [0.1, 0.15) is 13.8 Å². The van der Waals surface area contributed by atoms with Crippen LogP contribution >= 0.6 is 0 Å². The maximum Gasteiger partial charge on any atom is 0.127 e. The van der Waals surface area contributed by atoms with Crippen LogP contribution in [0.3, 0.4) is 0 Å². The van der Waals surface area contributed by atoms with E-state index in [0.717, 1.165) is 0 Å². The van der Waals surface area contributed by atoms with Gasteiger partial charge in [-0.2, -0.15) is 0 Å². The fourth-order valence-corrected chi connectivity index (χ4v) is 2.04. The third kappa shape index (κ3) is 4.00. The van der Waals surface area contributed by atoms with Crippen molar-refractivity contribution in [1.82, 2.24) is 5.32 Å². The molecule has 0 saturated heterocycles. The number of rotatable bonds is 6. The van der Waals surface area contributed by atoms with E-state index >= 15 is 0 Å². The monoisotopic (exact) mass is 291 g/mol. The summed E-state index contributed by atoms with van der Waals surface area (Å²) < 4.78 is 5.63. The van der Waals surface area contributed by atoms with Gasteiger partial charge < -0.3 is 25.4 Å². The van der Waals surface area contributed by atoms with E-state index < -0.39 is 6.10 Å². The number of ether oxygens (including phenoxy) is 1. The van der Waals surface area contributed by atoms with Gasteiger partial charge >= 0.3 is 0 Å². The lowest BCUT2D eigenvalue weighted by Gasteiger charge is -2.16. The van der Waals surface area contributed by atoms with Crippen LogP contribution in [0, 0.1) is 0 Å². The molecule has 0 aromatic heterocycles. The summed E-state index contributed by atoms with van der Waals surface area (Å²) in [6.45, 7) is 4.62. The van der Waals surface area contributed by atoms with Gasteiger partial charge in [0, 0.05) is 23.4 Å². The Bertz CT molecular complexity index is 612. The molecular weight excluding hydrogens is 270 g/mol. The van der Waals surface area contributed by atoms with Crippen LogP contribution < -0.4 is 10.1 Å². The molecule has 5 nitrogen and oxygen atoms in total. The summed E-state index contributed by atoms with van der Waals surface area (Å²) in [7, 11) is 0. The van der Waals surface area contributed by atoms with Gasteiger partial charge in [0.05, 0.1) is 0 Å². The molecule has 0 bridgehead atoms. The number of nitrogens with one attached hydrogen (secondary N) is 1. The predicted molar refractivity (Wildman–Crippen MR) is 81.9 cm³/mol. The Labute approximate surface area is 123 Å². The Morgan fingerprint density at radius 3 is 2.57 bits per heavy atom. The van der Waals surface area contributed by atoms with Crippen LogP contribution in [0.15, 0.2) is 30.3 Å². The standard InChI is InChI=1S/C16H21NO4/c1-10(2)17-8-12(19)9-21-16-6-5-15(20)14-7-11(18)3-4-13(14)16/h3-7,10,12,17-20H,8-9H2,1-2H3.